The fourth-order valence-corrected chi connectivity index (χ4v) is 3.74. The first kappa shape index (κ1) is 25.4. The lowest BCUT2D eigenvalue weighted by atomic mass is 9.95. The minimum atomic E-state index is -0.387. The number of anilines is 1. The monoisotopic (exact) mass is 497 g/mol. The minimum absolute atomic E-state index is 0.0619. The Morgan fingerprint density at radius 2 is 1.81 bits per heavy atom. The van der Waals surface area contributed by atoms with E-state index in [0.29, 0.717) is 29.3 Å². The van der Waals surface area contributed by atoms with E-state index in [1.165, 1.54) is 0 Å². The number of hydrogen-bond acceptors (Lipinski definition) is 6. The van der Waals surface area contributed by atoms with Gasteiger partial charge in [-0.05, 0) is 55.6 Å². The molecular weight excluding hydrogens is 470 g/mol. The third-order valence-electron chi connectivity index (χ3n) is 5.55. The van der Waals surface area contributed by atoms with Crippen LogP contribution in [0.5, 0.6) is 11.5 Å². The van der Waals surface area contributed by atoms with Gasteiger partial charge in [0.25, 0.3) is 11.8 Å². The van der Waals surface area contributed by atoms with Crippen LogP contribution in [0, 0.1) is 0 Å². The fourth-order valence-electron chi connectivity index (χ4n) is 3.74. The van der Waals surface area contributed by atoms with Crippen LogP contribution in [0.2, 0.25) is 0 Å². The van der Waals surface area contributed by atoms with E-state index in [1.807, 2.05) is 55.4 Å². The lowest BCUT2D eigenvalue weighted by Gasteiger charge is -2.20. The molecule has 4 rings (SSSR count). The number of likely N-dealkylation sites (N-methyl/N-ethyl adjacent to an activating group) is 1. The van der Waals surface area contributed by atoms with Gasteiger partial charge in [-0.2, -0.15) is 0 Å². The molecular formula is C29H27N3O5. The van der Waals surface area contributed by atoms with Crippen LogP contribution in [-0.2, 0) is 9.59 Å². The molecule has 1 heterocycles. The molecule has 8 heteroatoms. The highest BCUT2D eigenvalue weighted by Crippen LogP contribution is 2.38. The summed E-state index contributed by atoms with van der Waals surface area (Å²) in [5, 5.41) is 5.58. The number of carbonyl (C=O) groups excluding carboxylic acids is 3. The summed E-state index contributed by atoms with van der Waals surface area (Å²) in [5.74, 6) is 2.11. The quantitative estimate of drug-likeness (QED) is 0.439. The average Bonchev–Trinajstić information content (AvgIpc) is 2.91. The Labute approximate surface area is 215 Å². The minimum Gasteiger partial charge on any atom is -0.484 e. The summed E-state index contributed by atoms with van der Waals surface area (Å²) < 4.78 is 11.3. The van der Waals surface area contributed by atoms with E-state index in [0.717, 1.165) is 23.2 Å². The molecule has 0 aromatic heterocycles. The summed E-state index contributed by atoms with van der Waals surface area (Å²) in [6.07, 6.45) is 1.65. The largest absolute Gasteiger partial charge is 0.484 e. The zero-order valence-corrected chi connectivity index (χ0v) is 20.6. The van der Waals surface area contributed by atoms with E-state index < -0.39 is 0 Å². The van der Waals surface area contributed by atoms with Crippen LogP contribution in [0.1, 0.15) is 21.5 Å². The highest BCUT2D eigenvalue weighted by molar-refractivity contribution is 5.97. The number of nitrogens with one attached hydrogen (secondary N) is 2. The standard InChI is InChI=1S/C29H27N3O5/c1-32(2)14-13-30-29(35)21-9-6-10-22(15-21)31-28(34)19-36-23-11-12-25-26(20-7-4-3-5-8-20)16-24(18-33)37-27(25)17-23/h3-12,15-17H,13-14,19H2,1-2H3,(H,30,35)(H,31,34). The maximum Gasteiger partial charge on any atom is 0.262 e. The molecule has 0 radical (unpaired) electrons. The van der Waals surface area contributed by atoms with Gasteiger partial charge in [-0.1, -0.05) is 36.4 Å². The normalized spacial score (nSPS) is 12.1. The second-order valence-electron chi connectivity index (χ2n) is 8.63. The zero-order chi connectivity index (χ0) is 26.2. The van der Waals surface area contributed by atoms with Gasteiger partial charge in [0.15, 0.2) is 12.5 Å². The van der Waals surface area contributed by atoms with Crippen molar-refractivity contribution >= 4 is 29.0 Å². The van der Waals surface area contributed by atoms with Crippen molar-refractivity contribution in [2.24, 2.45) is 0 Å². The van der Waals surface area contributed by atoms with Crippen molar-refractivity contribution in [1.82, 2.24) is 10.2 Å². The molecule has 1 aliphatic rings. The van der Waals surface area contributed by atoms with Crippen LogP contribution in [0.15, 0.2) is 84.6 Å². The van der Waals surface area contributed by atoms with Crippen LogP contribution in [0.4, 0.5) is 5.69 Å². The molecule has 0 unspecified atom stereocenters. The molecule has 0 spiro atoms. The molecule has 8 nitrogen and oxygen atoms in total. The Bertz CT molecular complexity index is 1380. The van der Waals surface area contributed by atoms with Crippen molar-refractivity contribution < 1.29 is 23.9 Å². The van der Waals surface area contributed by atoms with Crippen molar-refractivity contribution in [3.8, 4) is 11.5 Å². The number of amides is 2. The summed E-state index contributed by atoms with van der Waals surface area (Å²) in [6, 6.07) is 21.5. The van der Waals surface area contributed by atoms with Crippen molar-refractivity contribution in [2.75, 3.05) is 39.1 Å². The number of rotatable bonds is 9. The molecule has 37 heavy (non-hydrogen) atoms. The van der Waals surface area contributed by atoms with Crippen LogP contribution in [-0.4, -0.2) is 56.4 Å². The molecule has 0 saturated carbocycles. The van der Waals surface area contributed by atoms with Crippen molar-refractivity contribution in [2.45, 2.75) is 0 Å². The Hall–Kier alpha value is -4.65. The number of carbonyl (C=O) groups is 2. The van der Waals surface area contributed by atoms with Crippen LogP contribution < -0.4 is 20.1 Å². The smallest absolute Gasteiger partial charge is 0.262 e. The fraction of sp³-hybridized carbons (Fsp3) is 0.172. The maximum atomic E-state index is 12.5. The number of hydrogen-bond donors (Lipinski definition) is 2. The Kier molecular flexibility index (Phi) is 8.15. The molecule has 188 valence electrons. The number of nitrogens with zero attached hydrogens (tertiary/aromatic N) is 1. The predicted octanol–water partition coefficient (Wildman–Crippen LogP) is 3.54. The third-order valence-corrected chi connectivity index (χ3v) is 5.55. The molecule has 1 aliphatic heterocycles. The maximum absolute atomic E-state index is 12.5. The van der Waals surface area contributed by atoms with Crippen LogP contribution in [0.25, 0.3) is 5.57 Å². The van der Waals surface area contributed by atoms with Crippen molar-refractivity contribution in [3.63, 3.8) is 0 Å². The number of allylic oxidation sites excluding steroid dienone is 1. The molecule has 0 atom stereocenters. The first-order chi connectivity index (χ1) is 17.9. The molecule has 3 aromatic rings. The van der Waals surface area contributed by atoms with Gasteiger partial charge < -0.3 is 25.0 Å². The van der Waals surface area contributed by atoms with E-state index in [9.17, 15) is 14.4 Å². The van der Waals surface area contributed by atoms with E-state index in [-0.39, 0.29) is 24.2 Å². The molecule has 2 amide bonds. The molecule has 0 saturated heterocycles. The molecule has 0 aliphatic carbocycles. The Morgan fingerprint density at radius 1 is 1.00 bits per heavy atom. The number of ether oxygens (including phenoxy) is 2. The second-order valence-corrected chi connectivity index (χ2v) is 8.63. The highest BCUT2D eigenvalue weighted by atomic mass is 16.5. The first-order valence-electron chi connectivity index (χ1n) is 11.7. The van der Waals surface area contributed by atoms with Gasteiger partial charge in [0.2, 0.25) is 5.76 Å². The molecule has 0 fully saturated rings. The molecule has 0 bridgehead atoms. The van der Waals surface area contributed by atoms with Crippen molar-refractivity contribution in [1.29, 1.82) is 0 Å². The van der Waals surface area contributed by atoms with Gasteiger partial charge >= 0.3 is 0 Å². The average molecular weight is 498 g/mol. The van der Waals surface area contributed by atoms with Gasteiger partial charge in [-0.25, -0.2) is 4.79 Å². The summed E-state index contributed by atoms with van der Waals surface area (Å²) in [6.45, 7) is 0.993. The lowest BCUT2D eigenvalue weighted by molar-refractivity contribution is -0.118. The number of fused-ring (bicyclic) bond motifs is 1. The lowest BCUT2D eigenvalue weighted by Crippen LogP contribution is -2.31. The SMILES string of the molecule is CN(C)CCNC(=O)c1cccc(NC(=O)COc2ccc3c(c2)OC(=C=O)C=C3c2ccccc2)c1. The van der Waals surface area contributed by atoms with Crippen LogP contribution >= 0.6 is 0 Å². The van der Waals surface area contributed by atoms with E-state index in [2.05, 4.69) is 10.6 Å². The Morgan fingerprint density at radius 3 is 2.57 bits per heavy atom. The molecule has 3 aromatic carbocycles. The van der Waals surface area contributed by atoms with Crippen molar-refractivity contribution in [3.05, 3.63) is 101 Å². The molecule has 2 N–H and O–H groups in total. The van der Waals surface area contributed by atoms with Crippen LogP contribution in [0.3, 0.4) is 0 Å². The van der Waals surface area contributed by atoms with E-state index in [1.54, 1.807) is 48.4 Å². The van der Waals surface area contributed by atoms with Gasteiger partial charge in [-0.3, -0.25) is 9.59 Å². The summed E-state index contributed by atoms with van der Waals surface area (Å²) in [5.41, 5.74) is 3.49. The van der Waals surface area contributed by atoms with Gasteiger partial charge in [0.1, 0.15) is 11.5 Å². The Balaban J connectivity index is 1.39. The van der Waals surface area contributed by atoms with E-state index in [4.69, 9.17) is 9.47 Å². The topological polar surface area (TPSA) is 97.0 Å². The zero-order valence-electron chi connectivity index (χ0n) is 20.6. The summed E-state index contributed by atoms with van der Waals surface area (Å²) in [7, 11) is 3.86. The second kappa shape index (κ2) is 11.9. The van der Waals surface area contributed by atoms with E-state index >= 15 is 0 Å². The predicted molar refractivity (Wildman–Crippen MR) is 141 cm³/mol. The van der Waals surface area contributed by atoms with Gasteiger partial charge in [0, 0.05) is 42.0 Å². The number of benzene rings is 3. The third kappa shape index (κ3) is 6.73. The summed E-state index contributed by atoms with van der Waals surface area (Å²) in [4.78, 5) is 38.1. The van der Waals surface area contributed by atoms with Gasteiger partial charge in [0.05, 0.1) is 0 Å². The highest BCUT2D eigenvalue weighted by Gasteiger charge is 2.20. The summed E-state index contributed by atoms with van der Waals surface area (Å²) >= 11 is 0. The first-order valence-corrected chi connectivity index (χ1v) is 11.7. The van der Waals surface area contributed by atoms with Gasteiger partial charge in [-0.15, -0.1) is 0 Å².